The number of pyridine rings is 1. The Kier molecular flexibility index (Phi) is 2.31. The molecule has 2 nitrogen and oxygen atoms in total. The Hall–Kier alpha value is -0.890. The van der Waals surface area contributed by atoms with Crippen LogP contribution in [0.5, 0.6) is 0 Å². The topological polar surface area (TPSA) is 33.1 Å². The van der Waals surface area contributed by atoms with Gasteiger partial charge in [0.1, 0.15) is 5.60 Å². The van der Waals surface area contributed by atoms with Gasteiger partial charge in [0.25, 0.3) is 0 Å². The van der Waals surface area contributed by atoms with Crippen LogP contribution in [0.3, 0.4) is 0 Å². The third kappa shape index (κ3) is 1.44. The van der Waals surface area contributed by atoms with E-state index in [1.165, 1.54) is 5.56 Å². The molecule has 14 heavy (non-hydrogen) atoms. The average molecular weight is 191 g/mol. The van der Waals surface area contributed by atoms with Crippen molar-refractivity contribution in [1.82, 2.24) is 4.98 Å². The van der Waals surface area contributed by atoms with Gasteiger partial charge in [-0.3, -0.25) is 4.98 Å². The first-order valence-electron chi connectivity index (χ1n) is 5.35. The van der Waals surface area contributed by atoms with Crippen molar-refractivity contribution in [3.8, 4) is 0 Å². The lowest BCUT2D eigenvalue weighted by molar-refractivity contribution is 0.0102. The summed E-state index contributed by atoms with van der Waals surface area (Å²) in [6, 6.07) is 4.14. The van der Waals surface area contributed by atoms with Crippen molar-refractivity contribution < 1.29 is 5.11 Å². The Morgan fingerprint density at radius 2 is 2.29 bits per heavy atom. The van der Waals surface area contributed by atoms with Crippen LogP contribution in [0.2, 0.25) is 0 Å². The number of aliphatic hydroxyl groups is 1. The number of aryl methyl sites for hydroxylation is 2. The third-order valence-electron chi connectivity index (χ3n) is 3.18. The van der Waals surface area contributed by atoms with Crippen LogP contribution >= 0.6 is 0 Å². The van der Waals surface area contributed by atoms with E-state index in [2.05, 4.69) is 11.1 Å². The van der Waals surface area contributed by atoms with Gasteiger partial charge in [0.15, 0.2) is 0 Å². The predicted molar refractivity (Wildman–Crippen MR) is 56.1 cm³/mol. The zero-order valence-electron chi connectivity index (χ0n) is 8.88. The molecule has 1 aromatic rings. The molecule has 1 aliphatic carbocycles. The Balaban J connectivity index is 2.52. The van der Waals surface area contributed by atoms with Crippen LogP contribution in [0.1, 0.15) is 43.1 Å². The van der Waals surface area contributed by atoms with Crippen molar-refractivity contribution in [1.29, 1.82) is 0 Å². The highest BCUT2D eigenvalue weighted by atomic mass is 16.3. The molecule has 76 valence electrons. The molecule has 1 aromatic heterocycles. The second-order valence-electron chi connectivity index (χ2n) is 4.20. The predicted octanol–water partition coefficient (Wildman–Crippen LogP) is 2.32. The molecule has 0 amide bonds. The molecule has 0 radical (unpaired) electrons. The molecular weight excluding hydrogens is 174 g/mol. The van der Waals surface area contributed by atoms with Crippen molar-refractivity contribution >= 4 is 0 Å². The maximum Gasteiger partial charge on any atom is 0.107 e. The van der Waals surface area contributed by atoms with Crippen LogP contribution < -0.4 is 0 Å². The molecule has 2 rings (SSSR count). The van der Waals surface area contributed by atoms with E-state index >= 15 is 0 Å². The second-order valence-corrected chi connectivity index (χ2v) is 4.20. The van der Waals surface area contributed by atoms with Crippen LogP contribution in [0, 0.1) is 6.92 Å². The first kappa shape index (κ1) is 9.66. The van der Waals surface area contributed by atoms with Gasteiger partial charge in [-0.2, -0.15) is 0 Å². The second kappa shape index (κ2) is 3.35. The summed E-state index contributed by atoms with van der Waals surface area (Å²) >= 11 is 0. The van der Waals surface area contributed by atoms with Gasteiger partial charge in [-0.1, -0.05) is 13.0 Å². The largest absolute Gasteiger partial charge is 0.384 e. The number of hydrogen-bond acceptors (Lipinski definition) is 2. The van der Waals surface area contributed by atoms with Crippen LogP contribution in [-0.2, 0) is 12.0 Å². The van der Waals surface area contributed by atoms with Crippen LogP contribution in [-0.4, -0.2) is 10.1 Å². The molecule has 0 bridgehead atoms. The highest BCUT2D eigenvalue weighted by molar-refractivity contribution is 5.30. The maximum atomic E-state index is 10.4. The molecular formula is C12H17NO. The summed E-state index contributed by atoms with van der Waals surface area (Å²) in [5.74, 6) is 0. The number of rotatable bonds is 1. The highest BCUT2D eigenvalue weighted by Gasteiger charge is 2.33. The van der Waals surface area contributed by atoms with Crippen LogP contribution in [0.4, 0.5) is 0 Å². The lowest BCUT2D eigenvalue weighted by Crippen LogP contribution is -2.31. The number of aromatic nitrogens is 1. The number of nitrogens with zero attached hydrogens (tertiary/aromatic N) is 1. The van der Waals surface area contributed by atoms with Gasteiger partial charge >= 0.3 is 0 Å². The lowest BCUT2D eigenvalue weighted by Gasteiger charge is -2.32. The van der Waals surface area contributed by atoms with E-state index in [-0.39, 0.29) is 0 Å². The van der Waals surface area contributed by atoms with Gasteiger partial charge in [0, 0.05) is 5.69 Å². The van der Waals surface area contributed by atoms with Crippen molar-refractivity contribution in [2.45, 2.75) is 45.1 Å². The quantitative estimate of drug-likeness (QED) is 0.739. The first-order valence-corrected chi connectivity index (χ1v) is 5.35. The smallest absolute Gasteiger partial charge is 0.107 e. The first-order chi connectivity index (χ1) is 6.65. The summed E-state index contributed by atoms with van der Waals surface area (Å²) in [5, 5.41) is 10.4. The fourth-order valence-electron chi connectivity index (χ4n) is 2.22. The lowest BCUT2D eigenvalue weighted by atomic mass is 9.81. The van der Waals surface area contributed by atoms with E-state index < -0.39 is 5.60 Å². The van der Waals surface area contributed by atoms with Crippen molar-refractivity contribution in [2.24, 2.45) is 0 Å². The zero-order chi connectivity index (χ0) is 10.2. The fourth-order valence-corrected chi connectivity index (χ4v) is 2.22. The minimum atomic E-state index is -0.667. The number of hydrogen-bond donors (Lipinski definition) is 1. The van der Waals surface area contributed by atoms with Crippen molar-refractivity contribution in [2.75, 3.05) is 0 Å². The minimum absolute atomic E-state index is 0.667. The molecule has 0 fully saturated rings. The third-order valence-corrected chi connectivity index (χ3v) is 3.18. The molecule has 1 aliphatic rings. The van der Waals surface area contributed by atoms with Crippen LogP contribution in [0.25, 0.3) is 0 Å². The molecule has 0 saturated carbocycles. The van der Waals surface area contributed by atoms with E-state index in [0.717, 1.165) is 37.1 Å². The van der Waals surface area contributed by atoms with E-state index in [9.17, 15) is 5.11 Å². The maximum absolute atomic E-state index is 10.4. The normalized spacial score (nSPS) is 25.9. The standard InChI is InChI=1S/C12H17NO/c1-3-12(14)8-4-5-10-7-6-9(2)13-11(10)12/h6-7,14H,3-5,8H2,1-2H3/t12-/m0/s1. The summed E-state index contributed by atoms with van der Waals surface area (Å²) in [4.78, 5) is 4.49. The Labute approximate surface area is 85.0 Å². The Bertz CT molecular complexity index is 348. The molecule has 1 N–H and O–H groups in total. The molecule has 1 heterocycles. The van der Waals surface area contributed by atoms with E-state index in [1.54, 1.807) is 0 Å². The van der Waals surface area contributed by atoms with Gasteiger partial charge in [-0.25, -0.2) is 0 Å². The summed E-state index contributed by atoms with van der Waals surface area (Å²) in [7, 11) is 0. The summed E-state index contributed by atoms with van der Waals surface area (Å²) in [6.45, 7) is 4.00. The molecule has 0 spiro atoms. The summed E-state index contributed by atoms with van der Waals surface area (Å²) < 4.78 is 0. The van der Waals surface area contributed by atoms with Crippen molar-refractivity contribution in [3.63, 3.8) is 0 Å². The van der Waals surface area contributed by atoms with Gasteiger partial charge < -0.3 is 5.11 Å². The SMILES string of the molecule is CC[C@]1(O)CCCc2ccc(C)nc21. The zero-order valence-corrected chi connectivity index (χ0v) is 8.88. The summed E-state index contributed by atoms with van der Waals surface area (Å²) in [6.07, 6.45) is 3.75. The van der Waals surface area contributed by atoms with E-state index in [0.29, 0.717) is 0 Å². The minimum Gasteiger partial charge on any atom is -0.384 e. The fraction of sp³-hybridized carbons (Fsp3) is 0.583. The van der Waals surface area contributed by atoms with Crippen molar-refractivity contribution in [3.05, 3.63) is 29.1 Å². The van der Waals surface area contributed by atoms with E-state index in [1.807, 2.05) is 19.9 Å². The molecule has 0 aromatic carbocycles. The van der Waals surface area contributed by atoms with E-state index in [4.69, 9.17) is 0 Å². The monoisotopic (exact) mass is 191 g/mol. The van der Waals surface area contributed by atoms with Gasteiger partial charge in [0.2, 0.25) is 0 Å². The molecule has 2 heteroatoms. The molecule has 1 atom stereocenters. The Morgan fingerprint density at radius 3 is 3.00 bits per heavy atom. The average Bonchev–Trinajstić information content (AvgIpc) is 2.20. The molecule has 0 unspecified atom stereocenters. The van der Waals surface area contributed by atoms with Gasteiger partial charge in [-0.15, -0.1) is 0 Å². The number of fused-ring (bicyclic) bond motifs is 1. The summed E-state index contributed by atoms with van der Waals surface area (Å²) in [5.41, 5.74) is 2.48. The Morgan fingerprint density at radius 1 is 1.50 bits per heavy atom. The highest BCUT2D eigenvalue weighted by Crippen LogP contribution is 2.36. The molecule has 0 aliphatic heterocycles. The van der Waals surface area contributed by atoms with Gasteiger partial charge in [-0.05, 0) is 44.2 Å². The van der Waals surface area contributed by atoms with Crippen LogP contribution in [0.15, 0.2) is 12.1 Å². The molecule has 0 saturated heterocycles. The van der Waals surface area contributed by atoms with Gasteiger partial charge in [0.05, 0.1) is 5.69 Å².